The van der Waals surface area contributed by atoms with Gasteiger partial charge in [0.2, 0.25) is 11.8 Å². The molecular weight excluding hydrogens is 853 g/mol. The number of hydrogen-bond donors (Lipinski definition) is 1. The second kappa shape index (κ2) is 17.2. The molecule has 8 aromatic rings. The average molecular weight is 888 g/mol. The molecule has 0 bridgehead atoms. The molecule has 14 nitrogen and oxygen atoms in total. The summed E-state index contributed by atoms with van der Waals surface area (Å²) in [5.74, 6) is 1.68. The number of nitrogens with one attached hydrogen (secondary N) is 1. The zero-order chi connectivity index (χ0) is 42.9. The van der Waals surface area contributed by atoms with Gasteiger partial charge in [-0.05, 0) is 86.1 Å². The number of H-pyrrole nitrogens is 1. The Morgan fingerprint density at radius 2 is 1.21 bits per heavy atom. The molecule has 2 saturated carbocycles. The van der Waals surface area contributed by atoms with Crippen LogP contribution in [0.15, 0.2) is 105 Å². The Morgan fingerprint density at radius 3 is 1.72 bits per heavy atom. The van der Waals surface area contributed by atoms with Gasteiger partial charge in [0.25, 0.3) is 11.1 Å². The molecule has 0 amide bonds. The van der Waals surface area contributed by atoms with E-state index in [0.29, 0.717) is 73.4 Å². The Labute approximate surface area is 360 Å². The molecule has 1 N–H and O–H groups in total. The third kappa shape index (κ3) is 8.79. The van der Waals surface area contributed by atoms with Gasteiger partial charge in [-0.25, -0.2) is 18.7 Å². The van der Waals surface area contributed by atoms with E-state index in [2.05, 4.69) is 45.2 Å². The molecule has 0 saturated heterocycles. The fourth-order valence-corrected chi connectivity index (χ4v) is 7.81. The number of aromatic amines is 1. The molecule has 19 heteroatoms. The number of nitrogens with zero attached hydrogens (tertiary/aromatic N) is 9. The molecule has 2 aliphatic rings. The Bertz CT molecular complexity index is 2940. The molecule has 2 fully saturated rings. The molecule has 2 aromatic carbocycles. The second-order valence-corrected chi connectivity index (χ2v) is 16.1. The van der Waals surface area contributed by atoms with Crippen LogP contribution in [0, 0.1) is 13.8 Å². The maximum absolute atomic E-state index is 15.1. The fraction of sp³-hybridized carbons (Fsp3) is 0.286. The smallest absolute Gasteiger partial charge is 0.262 e. The molecule has 6 aromatic heterocycles. The van der Waals surface area contributed by atoms with E-state index in [1.165, 1.54) is 17.2 Å². The summed E-state index contributed by atoms with van der Waals surface area (Å²) in [4.78, 5) is 51.3. The molecule has 61 heavy (non-hydrogen) atoms. The van der Waals surface area contributed by atoms with Crippen molar-refractivity contribution in [3.8, 4) is 0 Å². The van der Waals surface area contributed by atoms with Crippen LogP contribution in [0.4, 0.5) is 8.78 Å². The van der Waals surface area contributed by atoms with E-state index in [-0.39, 0.29) is 54.1 Å². The summed E-state index contributed by atoms with van der Waals surface area (Å²) < 4.78 is 41.4. The van der Waals surface area contributed by atoms with Crippen molar-refractivity contribution in [2.24, 2.45) is 0 Å². The van der Waals surface area contributed by atoms with Gasteiger partial charge in [-0.1, -0.05) is 57.8 Å². The van der Waals surface area contributed by atoms with Crippen molar-refractivity contribution in [3.05, 3.63) is 162 Å². The summed E-state index contributed by atoms with van der Waals surface area (Å²) in [5, 5.41) is 10.1. The largest absolute Gasteiger partial charge is 0.338 e. The van der Waals surface area contributed by atoms with Gasteiger partial charge in [-0.3, -0.25) is 24.1 Å². The lowest BCUT2D eigenvalue weighted by atomic mass is 9.68. The van der Waals surface area contributed by atoms with Crippen molar-refractivity contribution in [2.75, 3.05) is 0 Å². The number of halogens is 5. The lowest BCUT2D eigenvalue weighted by Gasteiger charge is -2.40. The van der Waals surface area contributed by atoms with Gasteiger partial charge in [0.1, 0.15) is 23.8 Å². The average Bonchev–Trinajstić information content (AvgIpc) is 3.91. The number of hydrogen-bond acceptors (Lipinski definition) is 12. The quantitative estimate of drug-likeness (QED) is 0.150. The zero-order valence-electron chi connectivity index (χ0n) is 32.5. The molecule has 0 unspecified atom stereocenters. The third-order valence-corrected chi connectivity index (χ3v) is 11.5. The first kappa shape index (κ1) is 41.8. The monoisotopic (exact) mass is 886 g/mol. The summed E-state index contributed by atoms with van der Waals surface area (Å²) in [6.07, 6.45) is 10.5. The predicted molar refractivity (Wildman–Crippen MR) is 223 cm³/mol. The Morgan fingerprint density at radius 1 is 0.721 bits per heavy atom. The number of alkyl halides is 3. The number of fused-ring (bicyclic) bond motifs is 2. The normalized spacial score (nSPS) is 20.5. The van der Waals surface area contributed by atoms with Crippen LogP contribution >= 0.6 is 34.8 Å². The van der Waals surface area contributed by atoms with Crippen molar-refractivity contribution < 1.29 is 17.8 Å². The van der Waals surface area contributed by atoms with Gasteiger partial charge >= 0.3 is 0 Å². The van der Waals surface area contributed by atoms with Gasteiger partial charge in [-0.15, -0.1) is 11.6 Å². The molecule has 0 atom stereocenters. The van der Waals surface area contributed by atoms with Gasteiger partial charge in [-0.2, -0.15) is 9.97 Å². The first-order chi connectivity index (χ1) is 29.3. The summed E-state index contributed by atoms with van der Waals surface area (Å²) >= 11 is 17.3. The highest BCUT2D eigenvalue weighted by atomic mass is 35.5. The van der Waals surface area contributed by atoms with Crippen LogP contribution in [0.1, 0.15) is 83.2 Å². The van der Waals surface area contributed by atoms with Crippen molar-refractivity contribution in [1.29, 1.82) is 0 Å². The lowest BCUT2D eigenvalue weighted by molar-refractivity contribution is 0.0333. The molecule has 312 valence electrons. The van der Waals surface area contributed by atoms with E-state index in [4.69, 9.17) is 43.8 Å². The summed E-state index contributed by atoms with van der Waals surface area (Å²) in [6.45, 7) is 3.75. The van der Waals surface area contributed by atoms with E-state index >= 15 is 4.39 Å². The molecular formula is C42H35Cl3F2N10O4. The molecule has 0 aliphatic heterocycles. The number of aryl methyl sites for hydroxylation is 2. The fourth-order valence-electron chi connectivity index (χ4n) is 7.45. The second-order valence-electron chi connectivity index (χ2n) is 15.0. The molecule has 2 aliphatic carbocycles. The van der Waals surface area contributed by atoms with E-state index in [0.717, 1.165) is 11.1 Å². The summed E-state index contributed by atoms with van der Waals surface area (Å²) in [5.41, 5.74) is 0.978. The topological polar surface area (TPSA) is 184 Å². The van der Waals surface area contributed by atoms with Crippen LogP contribution in [0.2, 0.25) is 10.0 Å². The Kier molecular flexibility index (Phi) is 11.8. The van der Waals surface area contributed by atoms with Gasteiger partial charge < -0.3 is 14.0 Å². The van der Waals surface area contributed by atoms with Crippen LogP contribution in [-0.4, -0.2) is 49.8 Å². The number of aromatic nitrogens is 10. The van der Waals surface area contributed by atoms with Crippen molar-refractivity contribution in [2.45, 2.75) is 75.1 Å². The number of benzene rings is 2. The summed E-state index contributed by atoms with van der Waals surface area (Å²) in [6, 6.07) is 13.6. The minimum Gasteiger partial charge on any atom is -0.338 e. The van der Waals surface area contributed by atoms with Crippen molar-refractivity contribution in [1.82, 2.24) is 49.8 Å². The maximum atomic E-state index is 15.1. The molecule has 6 heterocycles. The van der Waals surface area contributed by atoms with Crippen LogP contribution in [0.5, 0.6) is 0 Å². The van der Waals surface area contributed by atoms with E-state index in [1.54, 1.807) is 73.3 Å². The van der Waals surface area contributed by atoms with E-state index in [9.17, 15) is 14.0 Å². The molecule has 0 spiro atoms. The Balaban J connectivity index is 0.000000141. The van der Waals surface area contributed by atoms with Gasteiger partial charge in [0, 0.05) is 34.3 Å². The van der Waals surface area contributed by atoms with Crippen LogP contribution in [0.3, 0.4) is 0 Å². The SMILES string of the molecule is Cc1cncc2nc[nH]c(=O)c12.Cc1cncc2ncn(Cc3nc(C4CC(F)(c5ccc(Cl)cc5)C4)no3)c(=O)c12.FC1(c2ccc(Cl)cc2)CC(c2noc(CCl)n2)C1. The minimum absolute atomic E-state index is 0.0126. The first-order valence-corrected chi connectivity index (χ1v) is 20.3. The minimum atomic E-state index is -1.42. The number of pyridine rings is 2. The van der Waals surface area contributed by atoms with E-state index < -0.39 is 11.3 Å². The zero-order valence-corrected chi connectivity index (χ0v) is 34.8. The third-order valence-electron chi connectivity index (χ3n) is 10.8. The van der Waals surface area contributed by atoms with Gasteiger partial charge in [0.05, 0.1) is 46.9 Å². The highest BCUT2D eigenvalue weighted by molar-refractivity contribution is 6.30. The van der Waals surface area contributed by atoms with Gasteiger partial charge in [0.15, 0.2) is 11.6 Å². The molecule has 0 radical (unpaired) electrons. The van der Waals surface area contributed by atoms with Crippen LogP contribution in [0.25, 0.3) is 21.8 Å². The highest BCUT2D eigenvalue weighted by Crippen LogP contribution is 2.54. The number of rotatable bonds is 7. The Hall–Kier alpha value is -5.97. The highest BCUT2D eigenvalue weighted by Gasteiger charge is 2.49. The van der Waals surface area contributed by atoms with Crippen molar-refractivity contribution >= 4 is 56.6 Å². The van der Waals surface area contributed by atoms with Crippen LogP contribution in [-0.2, 0) is 23.8 Å². The van der Waals surface area contributed by atoms with E-state index in [1.807, 2.05) is 13.8 Å². The maximum Gasteiger partial charge on any atom is 0.262 e. The van der Waals surface area contributed by atoms with Crippen LogP contribution < -0.4 is 11.1 Å². The standard InChI is InChI=1S/C21H17ClFN5O2.C13H11Cl2FN2O.C8H7N3O/c1-12-8-24-9-16-18(12)20(29)28(11-25-16)10-17-26-19(27-30-17)13-6-21(23,7-13)14-2-4-15(22)5-3-14;14-7-11-17-12(18-19-11)8-5-13(16,6-8)9-1-3-10(15)4-2-9;1-5-2-9-3-6-7(5)8(12)11-4-10-6/h2-5,8-9,11,13H,6-7,10H2,1H3;1-4,8H,5-7H2;2-4H,1H3,(H,10,11,12). The first-order valence-electron chi connectivity index (χ1n) is 19.0. The predicted octanol–water partition coefficient (Wildman–Crippen LogP) is 8.76. The lowest BCUT2D eigenvalue weighted by Crippen LogP contribution is -2.36. The van der Waals surface area contributed by atoms with Crippen molar-refractivity contribution in [3.63, 3.8) is 0 Å². The molecule has 10 rings (SSSR count). The summed E-state index contributed by atoms with van der Waals surface area (Å²) in [7, 11) is 0.